The Bertz CT molecular complexity index is 558. The van der Waals surface area contributed by atoms with E-state index in [9.17, 15) is 5.11 Å². The highest BCUT2D eigenvalue weighted by Gasteiger charge is 2.37. The average Bonchev–Trinajstić information content (AvgIpc) is 2.61. The van der Waals surface area contributed by atoms with Crippen LogP contribution in [0, 0.1) is 5.92 Å². The molecule has 0 spiro atoms. The molecule has 6 heteroatoms. The summed E-state index contributed by atoms with van der Waals surface area (Å²) >= 11 is 0. The van der Waals surface area contributed by atoms with Crippen molar-refractivity contribution < 1.29 is 9.84 Å². The molecule has 3 heterocycles. The minimum atomic E-state index is -0.571. The molecule has 2 aliphatic rings. The van der Waals surface area contributed by atoms with E-state index < -0.39 is 5.60 Å². The molecule has 0 amide bonds. The maximum atomic E-state index is 10.6. The Hall–Kier alpha value is -1.40. The summed E-state index contributed by atoms with van der Waals surface area (Å²) in [6.07, 6.45) is 2.66. The van der Waals surface area contributed by atoms with E-state index in [-0.39, 0.29) is 5.92 Å². The number of morpholine rings is 1. The second-order valence-electron chi connectivity index (χ2n) is 7.13. The van der Waals surface area contributed by atoms with Crippen LogP contribution in [0.3, 0.4) is 0 Å². The molecule has 6 nitrogen and oxygen atoms in total. The summed E-state index contributed by atoms with van der Waals surface area (Å²) in [5.41, 5.74) is 0.505. The van der Waals surface area contributed by atoms with Gasteiger partial charge in [0.2, 0.25) is 5.95 Å². The van der Waals surface area contributed by atoms with Crippen LogP contribution in [-0.4, -0.2) is 60.1 Å². The van der Waals surface area contributed by atoms with Crippen LogP contribution < -0.4 is 9.80 Å². The smallest absolute Gasteiger partial charge is 0.227 e. The Morgan fingerprint density at radius 1 is 1.21 bits per heavy atom. The molecule has 0 bridgehead atoms. The molecule has 1 aromatic heterocycles. The molecule has 2 fully saturated rings. The number of piperidine rings is 1. The maximum Gasteiger partial charge on any atom is 0.227 e. The third-order valence-corrected chi connectivity index (χ3v) is 5.43. The molecule has 24 heavy (non-hydrogen) atoms. The van der Waals surface area contributed by atoms with E-state index in [1.807, 2.05) is 6.92 Å². The van der Waals surface area contributed by atoms with Crippen LogP contribution in [0.1, 0.15) is 39.3 Å². The van der Waals surface area contributed by atoms with E-state index in [0.29, 0.717) is 0 Å². The van der Waals surface area contributed by atoms with Crippen molar-refractivity contribution in [1.29, 1.82) is 0 Å². The first-order chi connectivity index (χ1) is 11.5. The average molecular weight is 334 g/mol. The molecule has 0 saturated carbocycles. The number of aryl methyl sites for hydroxylation is 1. The largest absolute Gasteiger partial charge is 0.390 e. The van der Waals surface area contributed by atoms with Gasteiger partial charge in [-0.3, -0.25) is 0 Å². The van der Waals surface area contributed by atoms with Gasteiger partial charge in [-0.25, -0.2) is 4.98 Å². The molecule has 2 atom stereocenters. The van der Waals surface area contributed by atoms with Crippen LogP contribution in [-0.2, 0) is 11.2 Å². The van der Waals surface area contributed by atoms with Gasteiger partial charge in [-0.15, -0.1) is 0 Å². The summed E-state index contributed by atoms with van der Waals surface area (Å²) in [5.74, 6) is 2.09. The van der Waals surface area contributed by atoms with Gasteiger partial charge in [0.25, 0.3) is 0 Å². The van der Waals surface area contributed by atoms with Crippen molar-refractivity contribution in [3.63, 3.8) is 0 Å². The zero-order valence-corrected chi connectivity index (χ0v) is 15.2. The fourth-order valence-electron chi connectivity index (χ4n) is 3.61. The number of hydrogen-bond donors (Lipinski definition) is 1. The number of ether oxygens (including phenoxy) is 1. The van der Waals surface area contributed by atoms with Crippen LogP contribution >= 0.6 is 0 Å². The van der Waals surface area contributed by atoms with Gasteiger partial charge in [0.05, 0.1) is 18.8 Å². The summed E-state index contributed by atoms with van der Waals surface area (Å²) < 4.78 is 5.44. The second kappa shape index (κ2) is 7.23. The van der Waals surface area contributed by atoms with E-state index in [1.54, 1.807) is 0 Å². The standard InChI is InChI=1S/C18H30N4O2/c1-4-14-13-22(7-6-18(14,3)23)16-12-15(5-2)19-17(20-16)21-8-10-24-11-9-21/h12,14,23H,4-11,13H2,1-3H3/t14-,18+/m0/s1. The Morgan fingerprint density at radius 2 is 1.96 bits per heavy atom. The van der Waals surface area contributed by atoms with Crippen molar-refractivity contribution in [3.05, 3.63) is 11.8 Å². The number of hydrogen-bond acceptors (Lipinski definition) is 6. The van der Waals surface area contributed by atoms with E-state index in [1.165, 1.54) is 0 Å². The number of rotatable bonds is 4. The van der Waals surface area contributed by atoms with Crippen molar-refractivity contribution >= 4 is 11.8 Å². The number of anilines is 2. The fraction of sp³-hybridized carbons (Fsp3) is 0.778. The van der Waals surface area contributed by atoms with Crippen molar-refractivity contribution in [2.75, 3.05) is 49.2 Å². The van der Waals surface area contributed by atoms with Crippen LogP contribution in [0.25, 0.3) is 0 Å². The minimum absolute atomic E-state index is 0.276. The lowest BCUT2D eigenvalue weighted by Gasteiger charge is -2.43. The maximum absolute atomic E-state index is 10.6. The SMILES string of the molecule is CCc1cc(N2CC[C@@](C)(O)[C@@H](CC)C2)nc(N2CCOCC2)n1. The normalized spacial score (nSPS) is 28.2. The Balaban J connectivity index is 1.84. The van der Waals surface area contributed by atoms with Crippen LogP contribution in [0.2, 0.25) is 0 Å². The molecule has 0 aromatic carbocycles. The Morgan fingerprint density at radius 3 is 2.62 bits per heavy atom. The molecular weight excluding hydrogens is 304 g/mol. The third kappa shape index (κ3) is 3.64. The molecule has 1 aromatic rings. The highest BCUT2D eigenvalue weighted by molar-refractivity contribution is 5.47. The van der Waals surface area contributed by atoms with Gasteiger partial charge < -0.3 is 19.6 Å². The first-order valence-corrected chi connectivity index (χ1v) is 9.21. The highest BCUT2D eigenvalue weighted by Crippen LogP contribution is 2.32. The summed E-state index contributed by atoms with van der Waals surface area (Å²) in [7, 11) is 0. The third-order valence-electron chi connectivity index (χ3n) is 5.43. The lowest BCUT2D eigenvalue weighted by Crippen LogP contribution is -2.50. The van der Waals surface area contributed by atoms with Crippen LogP contribution in [0.4, 0.5) is 11.8 Å². The number of aromatic nitrogens is 2. The molecule has 0 unspecified atom stereocenters. The molecule has 0 aliphatic carbocycles. The fourth-order valence-corrected chi connectivity index (χ4v) is 3.61. The first-order valence-electron chi connectivity index (χ1n) is 9.21. The quantitative estimate of drug-likeness (QED) is 0.907. The van der Waals surface area contributed by atoms with Crippen LogP contribution in [0.15, 0.2) is 6.07 Å². The lowest BCUT2D eigenvalue weighted by molar-refractivity contribution is -0.0183. The van der Waals surface area contributed by atoms with E-state index in [0.717, 1.165) is 76.1 Å². The van der Waals surface area contributed by atoms with E-state index in [4.69, 9.17) is 14.7 Å². The molecule has 1 N–H and O–H groups in total. The highest BCUT2D eigenvalue weighted by atomic mass is 16.5. The monoisotopic (exact) mass is 334 g/mol. The zero-order chi connectivity index (χ0) is 17.2. The van der Waals surface area contributed by atoms with Crippen LogP contribution in [0.5, 0.6) is 0 Å². The second-order valence-corrected chi connectivity index (χ2v) is 7.13. The Labute approximate surface area is 144 Å². The minimum Gasteiger partial charge on any atom is -0.390 e. The Kier molecular flexibility index (Phi) is 5.25. The molecular formula is C18H30N4O2. The molecule has 134 valence electrons. The summed E-state index contributed by atoms with van der Waals surface area (Å²) in [4.78, 5) is 14.1. The number of aliphatic hydroxyl groups is 1. The zero-order valence-electron chi connectivity index (χ0n) is 15.2. The van der Waals surface area contributed by atoms with Gasteiger partial charge in [-0.05, 0) is 26.2 Å². The van der Waals surface area contributed by atoms with Gasteiger partial charge in [0, 0.05) is 43.9 Å². The van der Waals surface area contributed by atoms with Gasteiger partial charge in [0.1, 0.15) is 5.82 Å². The molecule has 3 rings (SSSR count). The molecule has 0 radical (unpaired) electrons. The predicted octanol–water partition coefficient (Wildman–Crippen LogP) is 1.86. The van der Waals surface area contributed by atoms with Gasteiger partial charge in [-0.2, -0.15) is 4.98 Å². The predicted molar refractivity (Wildman–Crippen MR) is 95.7 cm³/mol. The van der Waals surface area contributed by atoms with Gasteiger partial charge in [0.15, 0.2) is 0 Å². The number of nitrogens with zero attached hydrogens (tertiary/aromatic N) is 4. The lowest BCUT2D eigenvalue weighted by atomic mass is 9.81. The van der Waals surface area contributed by atoms with E-state index in [2.05, 4.69) is 29.7 Å². The molecule has 2 saturated heterocycles. The summed E-state index contributed by atoms with van der Waals surface area (Å²) in [6, 6.07) is 2.11. The first kappa shape index (κ1) is 17.4. The van der Waals surface area contributed by atoms with Crippen molar-refractivity contribution in [1.82, 2.24) is 9.97 Å². The molecule has 2 aliphatic heterocycles. The van der Waals surface area contributed by atoms with E-state index >= 15 is 0 Å². The summed E-state index contributed by atoms with van der Waals surface area (Å²) in [6.45, 7) is 11.1. The van der Waals surface area contributed by atoms with Crippen molar-refractivity contribution in [2.24, 2.45) is 5.92 Å². The van der Waals surface area contributed by atoms with Crippen molar-refractivity contribution in [3.8, 4) is 0 Å². The van der Waals surface area contributed by atoms with Gasteiger partial charge in [-0.1, -0.05) is 13.8 Å². The topological polar surface area (TPSA) is 61.7 Å². The van der Waals surface area contributed by atoms with Crippen molar-refractivity contribution in [2.45, 2.75) is 45.6 Å². The summed E-state index contributed by atoms with van der Waals surface area (Å²) in [5, 5.41) is 10.6. The van der Waals surface area contributed by atoms with Gasteiger partial charge >= 0.3 is 0 Å².